The van der Waals surface area contributed by atoms with Gasteiger partial charge < -0.3 is 5.32 Å². The summed E-state index contributed by atoms with van der Waals surface area (Å²) in [4.78, 5) is 0. The molecule has 0 amide bonds. The lowest BCUT2D eigenvalue weighted by atomic mass is 10.1. The van der Waals surface area contributed by atoms with Crippen molar-refractivity contribution >= 4 is 23.2 Å². The number of hydrogen-bond donors (Lipinski definition) is 1. The monoisotopic (exact) mass is 268 g/mol. The van der Waals surface area contributed by atoms with Crippen LogP contribution < -0.4 is 5.32 Å². The molecule has 0 heterocycles. The Hall–Kier alpha value is -0.750. The Morgan fingerprint density at radius 3 is 2.76 bits per heavy atom. The summed E-state index contributed by atoms with van der Waals surface area (Å²) >= 11 is 12.3. The predicted molar refractivity (Wildman–Crippen MR) is 70.3 cm³/mol. The molecule has 0 bridgehead atoms. The predicted octanol–water partition coefficient (Wildman–Crippen LogP) is 3.70. The molecule has 1 aliphatic rings. The van der Waals surface area contributed by atoms with Crippen molar-refractivity contribution in [3.05, 3.63) is 33.3 Å². The van der Waals surface area contributed by atoms with Crippen molar-refractivity contribution in [3.8, 4) is 6.07 Å². The van der Waals surface area contributed by atoms with E-state index in [1.165, 1.54) is 12.8 Å². The largest absolute Gasteiger partial charge is 0.310 e. The summed E-state index contributed by atoms with van der Waals surface area (Å²) in [6, 6.07) is 6.68. The first-order valence-corrected chi connectivity index (χ1v) is 6.53. The van der Waals surface area contributed by atoms with Crippen LogP contribution >= 0.6 is 23.2 Å². The van der Waals surface area contributed by atoms with Crippen LogP contribution in [0, 0.1) is 11.3 Å². The van der Waals surface area contributed by atoms with Gasteiger partial charge in [0.2, 0.25) is 0 Å². The van der Waals surface area contributed by atoms with Crippen molar-refractivity contribution in [2.75, 3.05) is 0 Å². The Morgan fingerprint density at radius 2 is 2.12 bits per heavy atom. The van der Waals surface area contributed by atoms with Gasteiger partial charge in [0.25, 0.3) is 0 Å². The number of aryl methyl sites for hydroxylation is 1. The van der Waals surface area contributed by atoms with E-state index in [-0.39, 0.29) is 0 Å². The lowest BCUT2D eigenvalue weighted by molar-refractivity contribution is 0.687. The van der Waals surface area contributed by atoms with E-state index in [4.69, 9.17) is 28.5 Å². The van der Waals surface area contributed by atoms with E-state index in [2.05, 4.69) is 11.4 Å². The van der Waals surface area contributed by atoms with Gasteiger partial charge in [0.05, 0.1) is 16.1 Å². The third-order valence-electron chi connectivity index (χ3n) is 2.85. The van der Waals surface area contributed by atoms with Gasteiger partial charge in [-0.15, -0.1) is 0 Å². The van der Waals surface area contributed by atoms with Crippen LogP contribution in [0.15, 0.2) is 12.1 Å². The SMILES string of the molecule is N#CCCc1cc(Cl)c(Cl)c(CNC2CC2)c1. The van der Waals surface area contributed by atoms with Gasteiger partial charge >= 0.3 is 0 Å². The molecule has 1 saturated carbocycles. The minimum absolute atomic E-state index is 0.507. The molecule has 0 spiro atoms. The fourth-order valence-electron chi connectivity index (χ4n) is 1.72. The maximum atomic E-state index is 8.58. The van der Waals surface area contributed by atoms with Crippen molar-refractivity contribution in [2.24, 2.45) is 0 Å². The summed E-state index contributed by atoms with van der Waals surface area (Å²) < 4.78 is 0. The second kappa shape index (κ2) is 5.73. The highest BCUT2D eigenvalue weighted by Crippen LogP contribution is 2.29. The molecule has 0 radical (unpaired) electrons. The van der Waals surface area contributed by atoms with Crippen molar-refractivity contribution in [3.63, 3.8) is 0 Å². The van der Waals surface area contributed by atoms with Crippen LogP contribution in [0.3, 0.4) is 0 Å². The van der Waals surface area contributed by atoms with Crippen LogP contribution in [-0.2, 0) is 13.0 Å². The molecule has 0 aromatic heterocycles. The van der Waals surface area contributed by atoms with Crippen LogP contribution in [0.1, 0.15) is 30.4 Å². The Labute approximate surface area is 112 Å². The van der Waals surface area contributed by atoms with Gasteiger partial charge in [-0.2, -0.15) is 5.26 Å². The van der Waals surface area contributed by atoms with Gasteiger partial charge in [-0.25, -0.2) is 0 Å². The average molecular weight is 269 g/mol. The molecular weight excluding hydrogens is 255 g/mol. The van der Waals surface area contributed by atoms with E-state index in [1.807, 2.05) is 12.1 Å². The van der Waals surface area contributed by atoms with E-state index >= 15 is 0 Å². The standard InChI is InChI=1S/C13H14Cl2N2/c14-12-7-9(2-1-5-16)6-10(13(12)15)8-17-11-3-4-11/h6-7,11,17H,1-4,8H2. The zero-order chi connectivity index (χ0) is 12.3. The normalized spacial score (nSPS) is 14.6. The third-order valence-corrected chi connectivity index (χ3v) is 3.69. The number of benzene rings is 1. The summed E-state index contributed by atoms with van der Waals surface area (Å²) in [5.74, 6) is 0. The van der Waals surface area contributed by atoms with Gasteiger partial charge in [0, 0.05) is 19.0 Å². The molecule has 0 atom stereocenters. The molecule has 1 fully saturated rings. The first kappa shape index (κ1) is 12.7. The van der Waals surface area contributed by atoms with Crippen LogP contribution in [0.4, 0.5) is 0 Å². The summed E-state index contributed by atoms with van der Waals surface area (Å²) in [7, 11) is 0. The first-order chi connectivity index (χ1) is 8.20. The lowest BCUT2D eigenvalue weighted by Crippen LogP contribution is -2.15. The van der Waals surface area contributed by atoms with Gasteiger partial charge in [-0.05, 0) is 36.5 Å². The number of nitriles is 1. The van der Waals surface area contributed by atoms with E-state index in [0.717, 1.165) is 24.1 Å². The molecule has 2 nitrogen and oxygen atoms in total. The number of rotatable bonds is 5. The Balaban J connectivity index is 2.10. The molecular formula is C13H14Cl2N2. The van der Waals surface area contributed by atoms with E-state index in [1.54, 1.807) is 0 Å². The van der Waals surface area contributed by atoms with Crippen molar-refractivity contribution < 1.29 is 0 Å². The Kier molecular flexibility index (Phi) is 4.28. The number of nitrogens with one attached hydrogen (secondary N) is 1. The first-order valence-electron chi connectivity index (χ1n) is 5.78. The van der Waals surface area contributed by atoms with E-state index < -0.39 is 0 Å². The van der Waals surface area contributed by atoms with Crippen LogP contribution in [0.2, 0.25) is 10.0 Å². The summed E-state index contributed by atoms with van der Waals surface area (Å²) in [6.45, 7) is 0.754. The van der Waals surface area contributed by atoms with Crippen molar-refractivity contribution in [1.82, 2.24) is 5.32 Å². The number of hydrogen-bond acceptors (Lipinski definition) is 2. The highest BCUT2D eigenvalue weighted by atomic mass is 35.5. The van der Waals surface area contributed by atoms with Crippen LogP contribution in [0.25, 0.3) is 0 Å². The maximum Gasteiger partial charge on any atom is 0.0637 e. The minimum atomic E-state index is 0.507. The third kappa shape index (κ3) is 3.61. The minimum Gasteiger partial charge on any atom is -0.310 e. The van der Waals surface area contributed by atoms with Crippen LogP contribution in [0.5, 0.6) is 0 Å². The van der Waals surface area contributed by atoms with Gasteiger partial charge in [0.1, 0.15) is 0 Å². The zero-order valence-corrected chi connectivity index (χ0v) is 11.0. The topological polar surface area (TPSA) is 35.8 Å². The molecule has 4 heteroatoms. The maximum absolute atomic E-state index is 8.58. The molecule has 0 unspecified atom stereocenters. The average Bonchev–Trinajstić information content (AvgIpc) is 3.12. The van der Waals surface area contributed by atoms with E-state index in [0.29, 0.717) is 22.5 Å². The quantitative estimate of drug-likeness (QED) is 0.884. The van der Waals surface area contributed by atoms with Crippen molar-refractivity contribution in [1.29, 1.82) is 5.26 Å². The smallest absolute Gasteiger partial charge is 0.0637 e. The second-order valence-electron chi connectivity index (χ2n) is 4.36. The fourth-order valence-corrected chi connectivity index (χ4v) is 2.16. The highest BCUT2D eigenvalue weighted by molar-refractivity contribution is 6.42. The van der Waals surface area contributed by atoms with Crippen molar-refractivity contribution in [2.45, 2.75) is 38.3 Å². The Morgan fingerprint density at radius 1 is 1.35 bits per heavy atom. The van der Waals surface area contributed by atoms with Gasteiger partial charge in [-0.3, -0.25) is 0 Å². The van der Waals surface area contributed by atoms with Gasteiger partial charge in [0.15, 0.2) is 0 Å². The summed E-state index contributed by atoms with van der Waals surface area (Å²) in [5.41, 5.74) is 2.10. The molecule has 0 aliphatic heterocycles. The van der Waals surface area contributed by atoms with Gasteiger partial charge in [-0.1, -0.05) is 29.3 Å². The molecule has 0 saturated heterocycles. The fraction of sp³-hybridized carbons (Fsp3) is 0.462. The molecule has 17 heavy (non-hydrogen) atoms. The van der Waals surface area contributed by atoms with Crippen LogP contribution in [-0.4, -0.2) is 6.04 Å². The molecule has 1 N–H and O–H groups in total. The zero-order valence-electron chi connectivity index (χ0n) is 9.47. The molecule has 1 aromatic rings. The molecule has 90 valence electrons. The molecule has 2 rings (SSSR count). The highest BCUT2D eigenvalue weighted by Gasteiger charge is 2.20. The van der Waals surface area contributed by atoms with E-state index in [9.17, 15) is 0 Å². The number of nitrogens with zero attached hydrogens (tertiary/aromatic N) is 1. The molecule has 1 aromatic carbocycles. The summed E-state index contributed by atoms with van der Waals surface area (Å²) in [6.07, 6.45) is 3.73. The lowest BCUT2D eigenvalue weighted by Gasteiger charge is -2.10. The second-order valence-corrected chi connectivity index (χ2v) is 5.15. The molecule has 1 aliphatic carbocycles. The summed E-state index contributed by atoms with van der Waals surface area (Å²) in [5, 5.41) is 13.2. The Bertz CT molecular complexity index is 447. The number of halogens is 2.